The highest BCUT2D eigenvalue weighted by Gasteiger charge is 2.30. The van der Waals surface area contributed by atoms with Crippen molar-refractivity contribution in [3.8, 4) is 5.75 Å². The van der Waals surface area contributed by atoms with Crippen LogP contribution in [0.5, 0.6) is 5.75 Å². The molecule has 21 heavy (non-hydrogen) atoms. The number of hydrogen-bond acceptors (Lipinski definition) is 1. The van der Waals surface area contributed by atoms with Crippen LogP contribution < -0.4 is 4.74 Å². The molecule has 2 aromatic carbocycles. The highest BCUT2D eigenvalue weighted by Crippen LogP contribution is 2.45. The minimum absolute atomic E-state index is 0.0972. The van der Waals surface area contributed by atoms with E-state index in [0.717, 1.165) is 23.4 Å². The average molecular weight is 374 g/mol. The van der Waals surface area contributed by atoms with Gasteiger partial charge < -0.3 is 4.74 Å². The molecule has 2 atom stereocenters. The van der Waals surface area contributed by atoms with E-state index >= 15 is 0 Å². The Bertz CT molecular complexity index is 677. The van der Waals surface area contributed by atoms with Crippen molar-refractivity contribution in [3.05, 3.63) is 63.6 Å². The van der Waals surface area contributed by atoms with Crippen LogP contribution in [0.4, 0.5) is 8.78 Å². The Morgan fingerprint density at radius 2 is 1.95 bits per heavy atom. The molecule has 0 radical (unpaired) electrons. The highest BCUT2D eigenvalue weighted by molar-refractivity contribution is 9.10. The number of ether oxygens (including phenoxy) is 1. The molecule has 1 aliphatic rings. The minimum Gasteiger partial charge on any atom is -0.493 e. The van der Waals surface area contributed by atoms with Gasteiger partial charge in [0.1, 0.15) is 17.4 Å². The standard InChI is InChI=1S/C16H12BrClF2O/c17-12-8-13(19)11(7-14(12)20)16(18)10-5-6-21-15-4-2-1-3-9(10)15/h1-4,7-8,10,16H,5-6H2. The van der Waals surface area contributed by atoms with Crippen LogP contribution in [0.15, 0.2) is 40.9 Å². The summed E-state index contributed by atoms with van der Waals surface area (Å²) < 4.78 is 33.5. The molecule has 0 fully saturated rings. The van der Waals surface area contributed by atoms with Crippen molar-refractivity contribution in [2.24, 2.45) is 0 Å². The Labute approximate surface area is 135 Å². The normalized spacial score (nSPS) is 18.8. The maximum absolute atomic E-state index is 14.1. The van der Waals surface area contributed by atoms with Gasteiger partial charge >= 0.3 is 0 Å². The summed E-state index contributed by atoms with van der Waals surface area (Å²) >= 11 is 9.44. The van der Waals surface area contributed by atoms with Gasteiger partial charge in [0.2, 0.25) is 0 Å². The summed E-state index contributed by atoms with van der Waals surface area (Å²) in [5.74, 6) is -0.367. The fourth-order valence-corrected chi connectivity index (χ4v) is 3.38. The zero-order chi connectivity index (χ0) is 15.0. The molecule has 0 saturated carbocycles. The van der Waals surface area contributed by atoms with Crippen LogP contribution in [0, 0.1) is 11.6 Å². The molecule has 0 aliphatic carbocycles. The summed E-state index contributed by atoms with van der Waals surface area (Å²) in [4.78, 5) is 0. The molecule has 2 unspecified atom stereocenters. The lowest BCUT2D eigenvalue weighted by atomic mass is 9.87. The highest BCUT2D eigenvalue weighted by atomic mass is 79.9. The molecular weight excluding hydrogens is 362 g/mol. The predicted octanol–water partition coefficient (Wildman–Crippen LogP) is 5.57. The van der Waals surface area contributed by atoms with Gasteiger partial charge in [-0.15, -0.1) is 11.6 Å². The van der Waals surface area contributed by atoms with E-state index in [1.54, 1.807) is 0 Å². The molecule has 0 amide bonds. The lowest BCUT2D eigenvalue weighted by molar-refractivity contribution is 0.264. The quantitative estimate of drug-likeness (QED) is 0.494. The van der Waals surface area contributed by atoms with Gasteiger partial charge in [-0.2, -0.15) is 0 Å². The third-order valence-electron chi connectivity index (χ3n) is 3.69. The van der Waals surface area contributed by atoms with E-state index in [2.05, 4.69) is 15.9 Å². The van der Waals surface area contributed by atoms with Gasteiger partial charge in [0.05, 0.1) is 16.5 Å². The zero-order valence-electron chi connectivity index (χ0n) is 11.0. The maximum Gasteiger partial charge on any atom is 0.137 e. The largest absolute Gasteiger partial charge is 0.493 e. The number of para-hydroxylation sites is 1. The first kappa shape index (κ1) is 14.8. The van der Waals surface area contributed by atoms with Crippen LogP contribution in [-0.4, -0.2) is 6.61 Å². The van der Waals surface area contributed by atoms with Crippen molar-refractivity contribution in [3.63, 3.8) is 0 Å². The molecule has 0 bridgehead atoms. The van der Waals surface area contributed by atoms with Gasteiger partial charge in [-0.25, -0.2) is 8.78 Å². The van der Waals surface area contributed by atoms with Crippen LogP contribution in [0.1, 0.15) is 28.8 Å². The number of fused-ring (bicyclic) bond motifs is 1. The minimum atomic E-state index is -0.641. The maximum atomic E-state index is 14.1. The number of rotatable bonds is 2. The van der Waals surface area contributed by atoms with E-state index in [1.165, 1.54) is 0 Å². The second kappa shape index (κ2) is 5.93. The second-order valence-corrected chi connectivity index (χ2v) is 6.30. The molecule has 0 N–H and O–H groups in total. The molecule has 1 nitrogen and oxygen atoms in total. The summed E-state index contributed by atoms with van der Waals surface area (Å²) in [6.45, 7) is 0.519. The third-order valence-corrected chi connectivity index (χ3v) is 4.84. The van der Waals surface area contributed by atoms with Gasteiger partial charge in [-0.3, -0.25) is 0 Å². The van der Waals surface area contributed by atoms with Gasteiger partial charge in [-0.05, 0) is 46.1 Å². The third kappa shape index (κ3) is 2.79. The van der Waals surface area contributed by atoms with Gasteiger partial charge in [0, 0.05) is 11.5 Å². The Morgan fingerprint density at radius 3 is 2.76 bits per heavy atom. The van der Waals surface area contributed by atoms with Crippen LogP contribution in [0.2, 0.25) is 0 Å². The van der Waals surface area contributed by atoms with Gasteiger partial charge in [-0.1, -0.05) is 18.2 Å². The van der Waals surface area contributed by atoms with E-state index in [1.807, 2.05) is 24.3 Å². The van der Waals surface area contributed by atoms with E-state index in [0.29, 0.717) is 13.0 Å². The Morgan fingerprint density at radius 1 is 1.19 bits per heavy atom. The number of benzene rings is 2. The van der Waals surface area contributed by atoms with E-state index in [-0.39, 0.29) is 16.0 Å². The lowest BCUT2D eigenvalue weighted by Gasteiger charge is -2.29. The Hall–Kier alpha value is -1.13. The monoisotopic (exact) mass is 372 g/mol. The average Bonchev–Trinajstić information content (AvgIpc) is 2.49. The van der Waals surface area contributed by atoms with Crippen molar-refractivity contribution < 1.29 is 13.5 Å². The molecule has 2 aromatic rings. The molecule has 5 heteroatoms. The van der Waals surface area contributed by atoms with Crippen LogP contribution in [-0.2, 0) is 0 Å². The summed E-state index contributed by atoms with van der Waals surface area (Å²) in [5, 5.41) is -0.641. The van der Waals surface area contributed by atoms with Crippen LogP contribution in [0.25, 0.3) is 0 Å². The Kier molecular flexibility index (Phi) is 4.18. The molecule has 0 spiro atoms. The smallest absolute Gasteiger partial charge is 0.137 e. The SMILES string of the molecule is Fc1cc(C(Cl)C2CCOc3ccccc32)c(F)cc1Br. The first-order valence-corrected chi connectivity index (χ1v) is 7.81. The molecule has 0 aromatic heterocycles. The van der Waals surface area contributed by atoms with Crippen molar-refractivity contribution in [2.75, 3.05) is 6.61 Å². The first-order chi connectivity index (χ1) is 10.1. The van der Waals surface area contributed by atoms with Gasteiger partial charge in [0.25, 0.3) is 0 Å². The lowest BCUT2D eigenvalue weighted by Crippen LogP contribution is -2.18. The van der Waals surface area contributed by atoms with Crippen molar-refractivity contribution in [1.82, 2.24) is 0 Å². The van der Waals surface area contributed by atoms with Crippen molar-refractivity contribution in [2.45, 2.75) is 17.7 Å². The van der Waals surface area contributed by atoms with Gasteiger partial charge in [0.15, 0.2) is 0 Å². The van der Waals surface area contributed by atoms with Crippen molar-refractivity contribution in [1.29, 1.82) is 0 Å². The number of halogens is 4. The predicted molar refractivity (Wildman–Crippen MR) is 81.9 cm³/mol. The number of hydrogen-bond donors (Lipinski definition) is 0. The molecule has 3 rings (SSSR count). The van der Waals surface area contributed by atoms with Crippen LogP contribution in [0.3, 0.4) is 0 Å². The topological polar surface area (TPSA) is 9.23 Å². The summed E-state index contributed by atoms with van der Waals surface area (Å²) in [6, 6.07) is 9.83. The fraction of sp³-hybridized carbons (Fsp3) is 0.250. The van der Waals surface area contributed by atoms with E-state index < -0.39 is 17.0 Å². The molecule has 1 aliphatic heterocycles. The van der Waals surface area contributed by atoms with E-state index in [9.17, 15) is 8.78 Å². The zero-order valence-corrected chi connectivity index (χ0v) is 13.3. The summed E-state index contributed by atoms with van der Waals surface area (Å²) in [5.41, 5.74) is 1.12. The first-order valence-electron chi connectivity index (χ1n) is 6.58. The molecular formula is C16H12BrClF2O. The molecule has 0 saturated heterocycles. The summed E-state index contributed by atoms with van der Waals surface area (Å²) in [7, 11) is 0. The summed E-state index contributed by atoms with van der Waals surface area (Å²) in [6.07, 6.45) is 0.669. The second-order valence-electron chi connectivity index (χ2n) is 4.97. The van der Waals surface area contributed by atoms with Crippen molar-refractivity contribution >= 4 is 27.5 Å². The fourth-order valence-electron chi connectivity index (χ4n) is 2.64. The molecule has 110 valence electrons. The molecule has 1 heterocycles. The Balaban J connectivity index is 2.00. The number of alkyl halides is 1. The van der Waals surface area contributed by atoms with Crippen LogP contribution >= 0.6 is 27.5 Å². The van der Waals surface area contributed by atoms with E-state index in [4.69, 9.17) is 16.3 Å².